The van der Waals surface area contributed by atoms with Gasteiger partial charge in [-0.3, -0.25) is 28.8 Å². The molecule has 4 atom stereocenters. The lowest BCUT2D eigenvalue weighted by molar-refractivity contribution is -0.147. The third kappa shape index (κ3) is 11.1. The summed E-state index contributed by atoms with van der Waals surface area (Å²) >= 11 is 0. The van der Waals surface area contributed by atoms with Gasteiger partial charge in [0, 0.05) is 6.42 Å². The van der Waals surface area contributed by atoms with Crippen LogP contribution in [-0.4, -0.2) is 81.0 Å². The monoisotopic (exact) mass is 447 g/mol. The van der Waals surface area contributed by atoms with Gasteiger partial charge >= 0.3 is 17.9 Å². The Morgan fingerprint density at radius 1 is 0.774 bits per heavy atom. The molecule has 0 aliphatic carbocycles. The number of carboxylic acids is 3. The number of rotatable bonds is 14. The second kappa shape index (κ2) is 12.7. The lowest BCUT2D eigenvalue weighted by Crippen LogP contribution is -2.56. The van der Waals surface area contributed by atoms with Crippen molar-refractivity contribution in [2.45, 2.75) is 56.8 Å². The van der Waals surface area contributed by atoms with Gasteiger partial charge in [0.25, 0.3) is 0 Å². The van der Waals surface area contributed by atoms with E-state index in [9.17, 15) is 33.6 Å². The second-order valence-corrected chi connectivity index (χ2v) is 6.50. The van der Waals surface area contributed by atoms with Crippen molar-refractivity contribution in [2.75, 3.05) is 0 Å². The van der Waals surface area contributed by atoms with Gasteiger partial charge in [0.1, 0.15) is 18.1 Å². The Kier molecular flexibility index (Phi) is 11.2. The van der Waals surface area contributed by atoms with E-state index in [4.69, 9.17) is 26.8 Å². The Labute approximate surface area is 175 Å². The van der Waals surface area contributed by atoms with Gasteiger partial charge in [0.2, 0.25) is 23.6 Å². The standard InChI is InChI=1S/C16H25N5O10/c1-6(13(27)21-9(16(30)31)5-12(25)26)19-15(29)8(4-11(23)24)20-14(28)7(17)2-3-10(18)22/h6-9H,2-5,17H2,1H3,(H2,18,22)(H,19,29)(H,20,28)(H,21,27)(H,23,24)(H,25,26)(H,30,31). The van der Waals surface area contributed by atoms with Crippen LogP contribution < -0.4 is 27.4 Å². The van der Waals surface area contributed by atoms with E-state index in [0.717, 1.165) is 6.92 Å². The molecule has 0 aromatic carbocycles. The maximum atomic E-state index is 12.3. The van der Waals surface area contributed by atoms with Gasteiger partial charge < -0.3 is 42.7 Å². The van der Waals surface area contributed by atoms with Gasteiger partial charge in [-0.05, 0) is 13.3 Å². The van der Waals surface area contributed by atoms with Crippen LogP contribution in [-0.2, 0) is 33.6 Å². The molecule has 0 radical (unpaired) electrons. The highest BCUT2D eigenvalue weighted by Gasteiger charge is 2.30. The number of amides is 4. The molecule has 0 saturated carbocycles. The van der Waals surface area contributed by atoms with Crippen molar-refractivity contribution >= 4 is 41.5 Å². The fourth-order valence-corrected chi connectivity index (χ4v) is 2.14. The molecule has 10 N–H and O–H groups in total. The van der Waals surface area contributed by atoms with Crippen molar-refractivity contribution in [1.82, 2.24) is 16.0 Å². The third-order valence-electron chi connectivity index (χ3n) is 3.80. The van der Waals surface area contributed by atoms with E-state index in [-0.39, 0.29) is 12.8 Å². The van der Waals surface area contributed by atoms with Crippen molar-refractivity contribution in [2.24, 2.45) is 11.5 Å². The lowest BCUT2D eigenvalue weighted by Gasteiger charge is -2.22. The van der Waals surface area contributed by atoms with E-state index < -0.39 is 78.5 Å². The van der Waals surface area contributed by atoms with E-state index in [1.54, 1.807) is 0 Å². The molecule has 0 heterocycles. The molecule has 31 heavy (non-hydrogen) atoms. The van der Waals surface area contributed by atoms with Crippen LogP contribution in [0.1, 0.15) is 32.6 Å². The number of nitrogens with one attached hydrogen (secondary N) is 3. The molecule has 174 valence electrons. The summed E-state index contributed by atoms with van der Waals surface area (Å²) < 4.78 is 0. The Hall–Kier alpha value is -3.75. The largest absolute Gasteiger partial charge is 0.481 e. The van der Waals surface area contributed by atoms with Crippen LogP contribution in [0, 0.1) is 0 Å². The molecule has 15 heteroatoms. The minimum atomic E-state index is -1.76. The van der Waals surface area contributed by atoms with Gasteiger partial charge in [0.15, 0.2) is 0 Å². The highest BCUT2D eigenvalue weighted by molar-refractivity contribution is 5.95. The zero-order chi connectivity index (χ0) is 24.3. The molecule has 0 saturated heterocycles. The summed E-state index contributed by atoms with van der Waals surface area (Å²) in [5.41, 5.74) is 10.5. The number of primary amides is 1. The molecule has 0 rings (SSSR count). The zero-order valence-corrected chi connectivity index (χ0v) is 16.5. The van der Waals surface area contributed by atoms with Crippen molar-refractivity contribution in [3.05, 3.63) is 0 Å². The fraction of sp³-hybridized carbons (Fsp3) is 0.562. The van der Waals surface area contributed by atoms with Crippen molar-refractivity contribution in [3.8, 4) is 0 Å². The van der Waals surface area contributed by atoms with E-state index in [2.05, 4.69) is 10.6 Å². The topological polar surface area (TPSA) is 268 Å². The van der Waals surface area contributed by atoms with Crippen LogP contribution >= 0.6 is 0 Å². The van der Waals surface area contributed by atoms with Gasteiger partial charge in [-0.2, -0.15) is 0 Å². The van der Waals surface area contributed by atoms with E-state index in [1.807, 2.05) is 5.32 Å². The summed E-state index contributed by atoms with van der Waals surface area (Å²) in [5.74, 6) is -8.36. The van der Waals surface area contributed by atoms with E-state index in [1.165, 1.54) is 0 Å². The summed E-state index contributed by atoms with van der Waals surface area (Å²) in [6.45, 7) is 1.13. The van der Waals surface area contributed by atoms with Crippen LogP contribution in [0.3, 0.4) is 0 Å². The molecule has 0 aromatic heterocycles. The van der Waals surface area contributed by atoms with Gasteiger partial charge in [-0.1, -0.05) is 0 Å². The maximum Gasteiger partial charge on any atom is 0.326 e. The Balaban J connectivity index is 5.09. The SMILES string of the molecule is CC(NC(=O)C(CC(=O)O)NC(=O)C(N)CCC(N)=O)C(=O)NC(CC(=O)O)C(=O)O. The predicted octanol–water partition coefficient (Wildman–Crippen LogP) is -3.91. The summed E-state index contributed by atoms with van der Waals surface area (Å²) in [5, 5.41) is 32.6. The number of aliphatic carboxylic acids is 3. The maximum absolute atomic E-state index is 12.3. The first-order valence-electron chi connectivity index (χ1n) is 8.86. The highest BCUT2D eigenvalue weighted by atomic mass is 16.4. The molecular formula is C16H25N5O10. The Morgan fingerprint density at radius 2 is 1.26 bits per heavy atom. The molecule has 4 amide bonds. The van der Waals surface area contributed by atoms with Gasteiger partial charge in [-0.15, -0.1) is 0 Å². The molecular weight excluding hydrogens is 422 g/mol. The Morgan fingerprint density at radius 3 is 1.71 bits per heavy atom. The number of carbonyl (C=O) groups is 7. The second-order valence-electron chi connectivity index (χ2n) is 6.50. The smallest absolute Gasteiger partial charge is 0.326 e. The number of carboxylic acid groups (broad SMARTS) is 3. The third-order valence-corrected chi connectivity index (χ3v) is 3.80. The summed E-state index contributed by atoms with van der Waals surface area (Å²) in [6.07, 6.45) is -2.15. The molecule has 0 bridgehead atoms. The first-order valence-corrected chi connectivity index (χ1v) is 8.86. The minimum absolute atomic E-state index is 0.151. The molecule has 4 unspecified atom stereocenters. The van der Waals surface area contributed by atoms with Crippen molar-refractivity contribution in [3.63, 3.8) is 0 Å². The fourth-order valence-electron chi connectivity index (χ4n) is 2.14. The lowest BCUT2D eigenvalue weighted by atomic mass is 10.1. The molecule has 0 aliphatic rings. The van der Waals surface area contributed by atoms with E-state index in [0.29, 0.717) is 0 Å². The van der Waals surface area contributed by atoms with E-state index >= 15 is 0 Å². The van der Waals surface area contributed by atoms with Crippen molar-refractivity contribution < 1.29 is 48.9 Å². The van der Waals surface area contributed by atoms with Gasteiger partial charge in [-0.25, -0.2) is 4.79 Å². The average molecular weight is 447 g/mol. The zero-order valence-electron chi connectivity index (χ0n) is 16.5. The number of carbonyl (C=O) groups excluding carboxylic acids is 4. The molecule has 0 fully saturated rings. The molecule has 0 spiro atoms. The molecule has 0 aromatic rings. The van der Waals surface area contributed by atoms with Crippen molar-refractivity contribution in [1.29, 1.82) is 0 Å². The molecule has 15 nitrogen and oxygen atoms in total. The number of nitrogens with two attached hydrogens (primary N) is 2. The summed E-state index contributed by atoms with van der Waals surface area (Å²) in [4.78, 5) is 79.8. The summed E-state index contributed by atoms with van der Waals surface area (Å²) in [7, 11) is 0. The quantitative estimate of drug-likeness (QED) is 0.127. The minimum Gasteiger partial charge on any atom is -0.481 e. The number of hydrogen-bond acceptors (Lipinski definition) is 8. The predicted molar refractivity (Wildman–Crippen MR) is 100 cm³/mol. The summed E-state index contributed by atoms with van der Waals surface area (Å²) in [6, 6.07) is -6.07. The number of hydrogen-bond donors (Lipinski definition) is 8. The van der Waals surface area contributed by atoms with Crippen LogP contribution in [0.4, 0.5) is 0 Å². The van der Waals surface area contributed by atoms with Crippen LogP contribution in [0.5, 0.6) is 0 Å². The average Bonchev–Trinajstić information content (AvgIpc) is 2.63. The Bertz CT molecular complexity index is 740. The van der Waals surface area contributed by atoms with Gasteiger partial charge in [0.05, 0.1) is 18.9 Å². The van der Waals surface area contributed by atoms with Crippen LogP contribution in [0.2, 0.25) is 0 Å². The normalized spacial score (nSPS) is 14.3. The first kappa shape index (κ1) is 27.2. The molecule has 0 aliphatic heterocycles. The van der Waals surface area contributed by atoms with Crippen LogP contribution in [0.25, 0.3) is 0 Å². The highest BCUT2D eigenvalue weighted by Crippen LogP contribution is 2.00. The van der Waals surface area contributed by atoms with Crippen LogP contribution in [0.15, 0.2) is 0 Å². The first-order chi connectivity index (χ1) is 14.2.